The van der Waals surface area contributed by atoms with Crippen molar-refractivity contribution in [3.05, 3.63) is 0 Å². The van der Waals surface area contributed by atoms with Gasteiger partial charge in [0.15, 0.2) is 0 Å². The lowest BCUT2D eigenvalue weighted by molar-refractivity contribution is 0.00753. The zero-order valence-corrected chi connectivity index (χ0v) is 8.31. The van der Waals surface area contributed by atoms with Crippen LogP contribution in [0.2, 0.25) is 0 Å². The second kappa shape index (κ2) is 5.55. The van der Waals surface area contributed by atoms with E-state index in [4.69, 9.17) is 4.74 Å². The lowest BCUT2D eigenvalue weighted by Crippen LogP contribution is -2.41. The highest BCUT2D eigenvalue weighted by molar-refractivity contribution is 4.80. The first-order valence-corrected chi connectivity index (χ1v) is 5.17. The fraction of sp³-hybridized carbons (Fsp3) is 1.00. The predicted molar refractivity (Wildman–Crippen MR) is 51.3 cm³/mol. The molecule has 0 aromatic carbocycles. The Hall–Kier alpha value is -0.0800. The molecule has 2 heteroatoms. The Morgan fingerprint density at radius 2 is 2.08 bits per heavy atom. The van der Waals surface area contributed by atoms with E-state index in [9.17, 15) is 0 Å². The molecule has 1 aliphatic carbocycles. The normalized spacial score (nSPS) is 30.5. The van der Waals surface area contributed by atoms with Gasteiger partial charge in [-0.25, -0.2) is 0 Å². The zero-order chi connectivity index (χ0) is 8.81. The zero-order valence-electron chi connectivity index (χ0n) is 8.31. The summed E-state index contributed by atoms with van der Waals surface area (Å²) < 4.78 is 5.77. The Morgan fingerprint density at radius 1 is 1.33 bits per heavy atom. The maximum atomic E-state index is 5.77. The molecule has 12 heavy (non-hydrogen) atoms. The van der Waals surface area contributed by atoms with E-state index in [1.54, 1.807) is 0 Å². The van der Waals surface area contributed by atoms with Gasteiger partial charge in [0.05, 0.1) is 6.10 Å². The van der Waals surface area contributed by atoms with Gasteiger partial charge < -0.3 is 10.1 Å². The molecule has 0 aromatic heterocycles. The Labute approximate surface area is 75.7 Å². The summed E-state index contributed by atoms with van der Waals surface area (Å²) in [6, 6.07) is 0.602. The van der Waals surface area contributed by atoms with E-state index in [1.807, 2.05) is 7.05 Å². The molecule has 2 atom stereocenters. The van der Waals surface area contributed by atoms with E-state index in [0.717, 1.165) is 13.0 Å². The number of rotatable bonds is 4. The van der Waals surface area contributed by atoms with Gasteiger partial charge in [-0.2, -0.15) is 0 Å². The first-order valence-electron chi connectivity index (χ1n) is 5.17. The van der Waals surface area contributed by atoms with Crippen LogP contribution < -0.4 is 5.32 Å². The number of hydrogen-bond donors (Lipinski definition) is 1. The van der Waals surface area contributed by atoms with Crippen molar-refractivity contribution in [3.8, 4) is 0 Å². The summed E-state index contributed by atoms with van der Waals surface area (Å²) in [5.41, 5.74) is 0. The van der Waals surface area contributed by atoms with Crippen molar-refractivity contribution in [3.63, 3.8) is 0 Å². The molecule has 0 saturated heterocycles. The summed E-state index contributed by atoms with van der Waals surface area (Å²) in [7, 11) is 2.04. The third kappa shape index (κ3) is 2.76. The molecular weight excluding hydrogens is 150 g/mol. The third-order valence-corrected chi connectivity index (χ3v) is 2.61. The van der Waals surface area contributed by atoms with E-state index in [-0.39, 0.29) is 0 Å². The predicted octanol–water partition coefficient (Wildman–Crippen LogP) is 1.94. The van der Waals surface area contributed by atoms with Gasteiger partial charge in [0, 0.05) is 12.6 Å². The van der Waals surface area contributed by atoms with E-state index >= 15 is 0 Å². The minimum atomic E-state index is 0.476. The minimum Gasteiger partial charge on any atom is -0.377 e. The second-order valence-corrected chi connectivity index (χ2v) is 3.59. The van der Waals surface area contributed by atoms with Crippen molar-refractivity contribution in [2.45, 2.75) is 51.2 Å². The smallest absolute Gasteiger partial charge is 0.0727 e. The molecule has 72 valence electrons. The van der Waals surface area contributed by atoms with Crippen molar-refractivity contribution in [2.75, 3.05) is 13.7 Å². The molecule has 0 spiro atoms. The molecule has 0 bridgehead atoms. The molecular formula is C10H21NO. The first kappa shape index (κ1) is 10.0. The summed E-state index contributed by atoms with van der Waals surface area (Å²) >= 11 is 0. The SMILES string of the molecule is CCCOC1CCCCC1NC. The summed E-state index contributed by atoms with van der Waals surface area (Å²) in [5, 5.41) is 3.34. The van der Waals surface area contributed by atoms with Gasteiger partial charge in [-0.05, 0) is 26.3 Å². The molecule has 1 aliphatic rings. The van der Waals surface area contributed by atoms with Crippen LogP contribution in [0.4, 0.5) is 0 Å². The Balaban J connectivity index is 2.26. The van der Waals surface area contributed by atoms with Crippen LogP contribution in [0.25, 0.3) is 0 Å². The average molecular weight is 171 g/mol. The maximum absolute atomic E-state index is 5.77. The quantitative estimate of drug-likeness (QED) is 0.698. The molecule has 1 fully saturated rings. The lowest BCUT2D eigenvalue weighted by Gasteiger charge is -2.31. The minimum absolute atomic E-state index is 0.476. The fourth-order valence-corrected chi connectivity index (χ4v) is 1.90. The van der Waals surface area contributed by atoms with Gasteiger partial charge in [0.2, 0.25) is 0 Å². The van der Waals surface area contributed by atoms with Gasteiger partial charge >= 0.3 is 0 Å². The maximum Gasteiger partial charge on any atom is 0.0727 e. The van der Waals surface area contributed by atoms with Crippen LogP contribution in [0.15, 0.2) is 0 Å². The number of hydrogen-bond acceptors (Lipinski definition) is 2. The van der Waals surface area contributed by atoms with Gasteiger partial charge in [0.25, 0.3) is 0 Å². The van der Waals surface area contributed by atoms with Crippen LogP contribution in [0.5, 0.6) is 0 Å². The van der Waals surface area contributed by atoms with Gasteiger partial charge in [-0.1, -0.05) is 19.8 Å². The highest BCUT2D eigenvalue weighted by Gasteiger charge is 2.23. The standard InChI is InChI=1S/C10H21NO/c1-3-8-12-10-7-5-4-6-9(10)11-2/h9-11H,3-8H2,1-2H3. The van der Waals surface area contributed by atoms with Crippen LogP contribution in [0.3, 0.4) is 0 Å². The van der Waals surface area contributed by atoms with Crippen LogP contribution in [0, 0.1) is 0 Å². The Bertz CT molecular complexity index is 116. The highest BCUT2D eigenvalue weighted by Crippen LogP contribution is 2.20. The van der Waals surface area contributed by atoms with Crippen molar-refractivity contribution >= 4 is 0 Å². The molecule has 1 saturated carbocycles. The molecule has 1 N–H and O–H groups in total. The Morgan fingerprint density at radius 3 is 2.75 bits per heavy atom. The summed E-state index contributed by atoms with van der Waals surface area (Å²) in [6.07, 6.45) is 6.83. The average Bonchev–Trinajstić information content (AvgIpc) is 2.15. The van der Waals surface area contributed by atoms with Crippen LogP contribution in [-0.2, 0) is 4.74 Å². The van der Waals surface area contributed by atoms with Gasteiger partial charge in [-0.3, -0.25) is 0 Å². The highest BCUT2D eigenvalue weighted by atomic mass is 16.5. The van der Waals surface area contributed by atoms with Gasteiger partial charge in [0.1, 0.15) is 0 Å². The molecule has 2 nitrogen and oxygen atoms in total. The molecule has 0 amide bonds. The van der Waals surface area contributed by atoms with Crippen LogP contribution >= 0.6 is 0 Å². The third-order valence-electron chi connectivity index (χ3n) is 2.61. The fourth-order valence-electron chi connectivity index (χ4n) is 1.90. The Kier molecular flexibility index (Phi) is 4.62. The molecule has 0 heterocycles. The molecule has 1 rings (SSSR count). The second-order valence-electron chi connectivity index (χ2n) is 3.59. The molecule has 2 unspecified atom stereocenters. The van der Waals surface area contributed by atoms with E-state index in [0.29, 0.717) is 12.1 Å². The monoisotopic (exact) mass is 171 g/mol. The molecule has 0 aliphatic heterocycles. The first-order chi connectivity index (χ1) is 5.88. The van der Waals surface area contributed by atoms with Crippen molar-refractivity contribution < 1.29 is 4.74 Å². The number of ether oxygens (including phenoxy) is 1. The topological polar surface area (TPSA) is 21.3 Å². The van der Waals surface area contributed by atoms with E-state index in [2.05, 4.69) is 12.2 Å². The summed E-state index contributed by atoms with van der Waals surface area (Å²) in [4.78, 5) is 0. The lowest BCUT2D eigenvalue weighted by atomic mass is 9.92. The van der Waals surface area contributed by atoms with Crippen molar-refractivity contribution in [1.82, 2.24) is 5.32 Å². The molecule has 0 radical (unpaired) electrons. The van der Waals surface area contributed by atoms with E-state index in [1.165, 1.54) is 25.7 Å². The van der Waals surface area contributed by atoms with Crippen LogP contribution in [0.1, 0.15) is 39.0 Å². The summed E-state index contributed by atoms with van der Waals surface area (Å²) in [6.45, 7) is 3.08. The van der Waals surface area contributed by atoms with Crippen molar-refractivity contribution in [2.24, 2.45) is 0 Å². The van der Waals surface area contributed by atoms with E-state index < -0.39 is 0 Å². The number of likely N-dealkylation sites (N-methyl/N-ethyl adjacent to an activating group) is 1. The largest absolute Gasteiger partial charge is 0.377 e. The van der Waals surface area contributed by atoms with Crippen LogP contribution in [-0.4, -0.2) is 25.8 Å². The number of nitrogens with one attached hydrogen (secondary N) is 1. The molecule has 0 aromatic rings. The van der Waals surface area contributed by atoms with Crippen molar-refractivity contribution in [1.29, 1.82) is 0 Å². The van der Waals surface area contributed by atoms with Gasteiger partial charge in [-0.15, -0.1) is 0 Å². The summed E-state index contributed by atoms with van der Waals surface area (Å²) in [5.74, 6) is 0.